The van der Waals surface area contributed by atoms with Gasteiger partial charge in [0.1, 0.15) is 0 Å². The molecule has 3 heteroatoms. The van der Waals surface area contributed by atoms with Crippen LogP contribution < -0.4 is 0 Å². The normalized spacial score (nSPS) is 25.0. The minimum Gasteiger partial charge on any atom is -0.392 e. The summed E-state index contributed by atoms with van der Waals surface area (Å²) >= 11 is 0. The number of aromatic nitrogens is 2. The van der Waals surface area contributed by atoms with Crippen molar-refractivity contribution in [2.24, 2.45) is 5.41 Å². The third-order valence-corrected chi connectivity index (χ3v) is 4.86. The SMILES string of the molecule is CC1(C(O)Cc2ccn(C3CCCCC3)n2)CC1. The zero-order chi connectivity index (χ0) is 12.6. The van der Waals surface area contributed by atoms with Crippen LogP contribution in [-0.2, 0) is 6.42 Å². The third-order valence-electron chi connectivity index (χ3n) is 4.86. The zero-order valence-electron chi connectivity index (χ0n) is 11.3. The van der Waals surface area contributed by atoms with Crippen LogP contribution in [0.1, 0.15) is 63.6 Å². The summed E-state index contributed by atoms with van der Waals surface area (Å²) in [5.41, 5.74) is 1.23. The molecule has 1 aromatic rings. The van der Waals surface area contributed by atoms with Crippen molar-refractivity contribution in [2.45, 2.75) is 70.4 Å². The molecular formula is C15H24N2O. The quantitative estimate of drug-likeness (QED) is 0.889. The van der Waals surface area contributed by atoms with Crippen LogP contribution in [-0.4, -0.2) is 21.0 Å². The lowest BCUT2D eigenvalue weighted by atomic mass is 9.96. The molecule has 0 aromatic carbocycles. The summed E-state index contributed by atoms with van der Waals surface area (Å²) in [5, 5.41) is 14.8. The Kier molecular flexibility index (Phi) is 3.18. The van der Waals surface area contributed by atoms with E-state index in [1.165, 1.54) is 32.1 Å². The highest BCUT2D eigenvalue weighted by atomic mass is 16.3. The van der Waals surface area contributed by atoms with Crippen molar-refractivity contribution in [2.75, 3.05) is 0 Å². The Morgan fingerprint density at radius 1 is 1.39 bits per heavy atom. The Bertz CT molecular complexity index is 402. The van der Waals surface area contributed by atoms with Crippen LogP contribution in [0.25, 0.3) is 0 Å². The molecule has 0 saturated heterocycles. The van der Waals surface area contributed by atoms with Gasteiger partial charge in [0, 0.05) is 12.6 Å². The summed E-state index contributed by atoms with van der Waals surface area (Å²) in [6.45, 7) is 2.18. The fourth-order valence-electron chi connectivity index (χ4n) is 3.01. The molecular weight excluding hydrogens is 224 g/mol. The number of rotatable bonds is 4. The van der Waals surface area contributed by atoms with E-state index in [0.29, 0.717) is 6.04 Å². The van der Waals surface area contributed by atoms with E-state index in [0.717, 1.165) is 25.0 Å². The second-order valence-corrected chi connectivity index (χ2v) is 6.45. The molecule has 0 aliphatic heterocycles. The summed E-state index contributed by atoms with van der Waals surface area (Å²) < 4.78 is 2.14. The lowest BCUT2D eigenvalue weighted by Gasteiger charge is -2.22. The van der Waals surface area contributed by atoms with Crippen molar-refractivity contribution in [1.82, 2.24) is 9.78 Å². The molecule has 100 valence electrons. The first-order valence-corrected chi connectivity index (χ1v) is 7.39. The largest absolute Gasteiger partial charge is 0.392 e. The number of aliphatic hydroxyl groups is 1. The number of nitrogens with zero attached hydrogens (tertiary/aromatic N) is 2. The van der Waals surface area contributed by atoms with Crippen LogP contribution >= 0.6 is 0 Å². The van der Waals surface area contributed by atoms with Gasteiger partial charge < -0.3 is 5.11 Å². The van der Waals surface area contributed by atoms with Crippen LogP contribution in [0.5, 0.6) is 0 Å². The van der Waals surface area contributed by atoms with Crippen LogP contribution in [0.2, 0.25) is 0 Å². The molecule has 1 heterocycles. The van der Waals surface area contributed by atoms with Crippen molar-refractivity contribution >= 4 is 0 Å². The molecule has 1 atom stereocenters. The maximum absolute atomic E-state index is 10.2. The molecule has 0 amide bonds. The van der Waals surface area contributed by atoms with E-state index in [9.17, 15) is 5.11 Å². The van der Waals surface area contributed by atoms with Crippen LogP contribution in [0.15, 0.2) is 12.3 Å². The van der Waals surface area contributed by atoms with E-state index >= 15 is 0 Å². The molecule has 1 N–H and O–H groups in total. The summed E-state index contributed by atoms with van der Waals surface area (Å²) in [5.74, 6) is 0. The van der Waals surface area contributed by atoms with Crippen molar-refractivity contribution in [3.05, 3.63) is 18.0 Å². The topological polar surface area (TPSA) is 38.0 Å². The van der Waals surface area contributed by atoms with Gasteiger partial charge in [0.2, 0.25) is 0 Å². The van der Waals surface area contributed by atoms with E-state index in [-0.39, 0.29) is 11.5 Å². The first kappa shape index (κ1) is 12.2. The molecule has 18 heavy (non-hydrogen) atoms. The van der Waals surface area contributed by atoms with Crippen molar-refractivity contribution in [1.29, 1.82) is 0 Å². The minimum atomic E-state index is -0.216. The monoisotopic (exact) mass is 248 g/mol. The van der Waals surface area contributed by atoms with Gasteiger partial charge in [-0.15, -0.1) is 0 Å². The molecule has 0 spiro atoms. The fraction of sp³-hybridized carbons (Fsp3) is 0.800. The Balaban J connectivity index is 1.62. The van der Waals surface area contributed by atoms with E-state index < -0.39 is 0 Å². The van der Waals surface area contributed by atoms with Gasteiger partial charge in [-0.1, -0.05) is 26.2 Å². The smallest absolute Gasteiger partial charge is 0.0650 e. The highest BCUT2D eigenvalue weighted by Crippen LogP contribution is 2.48. The summed E-state index contributed by atoms with van der Waals surface area (Å²) in [7, 11) is 0. The van der Waals surface area contributed by atoms with Gasteiger partial charge in [0.15, 0.2) is 0 Å². The minimum absolute atomic E-state index is 0.175. The standard InChI is InChI=1S/C15H24N2O/c1-15(8-9-15)14(18)11-12-7-10-17(16-12)13-5-3-2-4-6-13/h7,10,13-14,18H,2-6,8-9,11H2,1H3. The van der Waals surface area contributed by atoms with Crippen molar-refractivity contribution in [3.8, 4) is 0 Å². The van der Waals surface area contributed by atoms with Gasteiger partial charge in [0.05, 0.1) is 17.8 Å². The van der Waals surface area contributed by atoms with Crippen LogP contribution in [0.3, 0.4) is 0 Å². The molecule has 2 fully saturated rings. The van der Waals surface area contributed by atoms with E-state index in [1.54, 1.807) is 0 Å². The molecule has 1 aromatic heterocycles. The Hall–Kier alpha value is -0.830. The number of hydrogen-bond donors (Lipinski definition) is 1. The zero-order valence-corrected chi connectivity index (χ0v) is 11.3. The molecule has 2 saturated carbocycles. The second kappa shape index (κ2) is 4.69. The molecule has 0 bridgehead atoms. The first-order chi connectivity index (χ1) is 8.67. The van der Waals surface area contributed by atoms with Crippen molar-refractivity contribution < 1.29 is 5.11 Å². The summed E-state index contributed by atoms with van der Waals surface area (Å²) in [4.78, 5) is 0. The summed E-state index contributed by atoms with van der Waals surface area (Å²) in [6.07, 6.45) is 11.5. The first-order valence-electron chi connectivity index (χ1n) is 7.39. The molecule has 0 radical (unpaired) electrons. The lowest BCUT2D eigenvalue weighted by molar-refractivity contribution is 0.102. The Morgan fingerprint density at radius 3 is 2.78 bits per heavy atom. The lowest BCUT2D eigenvalue weighted by Crippen LogP contribution is -2.22. The van der Waals surface area contributed by atoms with Gasteiger partial charge in [-0.2, -0.15) is 5.10 Å². The predicted octanol–water partition coefficient (Wildman–Crippen LogP) is 3.09. The predicted molar refractivity (Wildman–Crippen MR) is 71.4 cm³/mol. The highest BCUT2D eigenvalue weighted by Gasteiger charge is 2.44. The van der Waals surface area contributed by atoms with Gasteiger partial charge >= 0.3 is 0 Å². The summed E-state index contributed by atoms with van der Waals surface area (Å²) in [6, 6.07) is 2.69. The van der Waals surface area contributed by atoms with Crippen LogP contribution in [0.4, 0.5) is 0 Å². The highest BCUT2D eigenvalue weighted by molar-refractivity contribution is 5.06. The fourth-order valence-corrected chi connectivity index (χ4v) is 3.01. The van der Waals surface area contributed by atoms with E-state index in [2.05, 4.69) is 29.0 Å². The van der Waals surface area contributed by atoms with E-state index in [1.807, 2.05) is 0 Å². The Labute approximate surface area is 109 Å². The average Bonchev–Trinajstić information content (AvgIpc) is 2.98. The molecule has 2 aliphatic rings. The van der Waals surface area contributed by atoms with E-state index in [4.69, 9.17) is 0 Å². The maximum atomic E-state index is 10.2. The second-order valence-electron chi connectivity index (χ2n) is 6.45. The number of aliphatic hydroxyl groups excluding tert-OH is 1. The van der Waals surface area contributed by atoms with Gasteiger partial charge in [-0.05, 0) is 37.2 Å². The third kappa shape index (κ3) is 2.46. The van der Waals surface area contributed by atoms with Gasteiger partial charge in [0.25, 0.3) is 0 Å². The van der Waals surface area contributed by atoms with Gasteiger partial charge in [-0.3, -0.25) is 4.68 Å². The molecule has 3 rings (SSSR count). The van der Waals surface area contributed by atoms with Gasteiger partial charge in [-0.25, -0.2) is 0 Å². The van der Waals surface area contributed by atoms with Crippen LogP contribution in [0, 0.1) is 5.41 Å². The molecule has 3 nitrogen and oxygen atoms in total. The average molecular weight is 248 g/mol. The number of hydrogen-bond acceptors (Lipinski definition) is 2. The van der Waals surface area contributed by atoms with Crippen molar-refractivity contribution in [3.63, 3.8) is 0 Å². The molecule has 2 aliphatic carbocycles. The Morgan fingerprint density at radius 2 is 2.11 bits per heavy atom. The molecule has 1 unspecified atom stereocenters. The maximum Gasteiger partial charge on any atom is 0.0650 e.